The lowest BCUT2D eigenvalue weighted by Crippen LogP contribution is -2.28. The van der Waals surface area contributed by atoms with Crippen molar-refractivity contribution in [2.45, 2.75) is 51.9 Å². The molecule has 24 heavy (non-hydrogen) atoms. The monoisotopic (exact) mass is 328 g/mol. The number of carbonyl (C=O) groups excluding carboxylic acids is 1. The number of nitriles is 1. The summed E-state index contributed by atoms with van der Waals surface area (Å²) >= 11 is 0. The first kappa shape index (κ1) is 16.5. The Hall–Kier alpha value is -2.39. The Balaban J connectivity index is 2.06. The standard InChI is InChI=1S/C18H20N2O4/c1-11-15(17(22)24-18(11,2)3)13-6-7-20(16(21)14(13)9-19)10-12-5-4-8-23-12/h6-7,12H,4-5,8,10H2,1-3H3. The van der Waals surface area contributed by atoms with Crippen molar-refractivity contribution in [3.8, 4) is 6.07 Å². The zero-order valence-corrected chi connectivity index (χ0v) is 14.1. The predicted molar refractivity (Wildman–Crippen MR) is 87.2 cm³/mol. The molecule has 0 amide bonds. The lowest BCUT2D eigenvalue weighted by atomic mass is 9.92. The number of cyclic esters (lactones) is 1. The minimum Gasteiger partial charge on any atom is -0.451 e. The molecular weight excluding hydrogens is 308 g/mol. The Labute approximate surface area is 140 Å². The Bertz CT molecular complexity index is 820. The maximum absolute atomic E-state index is 12.7. The fourth-order valence-electron chi connectivity index (χ4n) is 3.17. The number of aromatic nitrogens is 1. The summed E-state index contributed by atoms with van der Waals surface area (Å²) in [5, 5.41) is 9.48. The highest BCUT2D eigenvalue weighted by molar-refractivity contribution is 6.20. The second kappa shape index (κ2) is 5.91. The van der Waals surface area contributed by atoms with Crippen molar-refractivity contribution in [1.82, 2.24) is 4.57 Å². The summed E-state index contributed by atoms with van der Waals surface area (Å²) in [5.41, 5.74) is 0.228. The Kier molecular flexibility index (Phi) is 4.06. The van der Waals surface area contributed by atoms with Gasteiger partial charge in [-0.05, 0) is 45.3 Å². The molecular formula is C18H20N2O4. The molecule has 0 saturated carbocycles. The maximum atomic E-state index is 12.7. The van der Waals surface area contributed by atoms with E-state index in [4.69, 9.17) is 9.47 Å². The Morgan fingerprint density at radius 1 is 1.42 bits per heavy atom. The van der Waals surface area contributed by atoms with Crippen LogP contribution in [0.5, 0.6) is 0 Å². The van der Waals surface area contributed by atoms with Crippen LogP contribution in [0.1, 0.15) is 44.7 Å². The summed E-state index contributed by atoms with van der Waals surface area (Å²) < 4.78 is 12.4. The minimum absolute atomic E-state index is 0.00331. The number of hydrogen-bond donors (Lipinski definition) is 0. The summed E-state index contributed by atoms with van der Waals surface area (Å²) in [7, 11) is 0. The van der Waals surface area contributed by atoms with E-state index in [2.05, 4.69) is 0 Å². The molecule has 1 aromatic heterocycles. The number of rotatable bonds is 3. The Morgan fingerprint density at radius 2 is 2.17 bits per heavy atom. The second-order valence-electron chi connectivity index (χ2n) is 6.71. The van der Waals surface area contributed by atoms with Crippen molar-refractivity contribution in [3.05, 3.63) is 39.3 Å². The highest BCUT2D eigenvalue weighted by Gasteiger charge is 2.39. The second-order valence-corrected chi connectivity index (χ2v) is 6.71. The lowest BCUT2D eigenvalue weighted by molar-refractivity contribution is -0.142. The largest absolute Gasteiger partial charge is 0.451 e. The molecule has 0 aliphatic carbocycles. The van der Waals surface area contributed by atoms with E-state index in [0.717, 1.165) is 18.4 Å². The van der Waals surface area contributed by atoms with Crippen LogP contribution in [0.3, 0.4) is 0 Å². The van der Waals surface area contributed by atoms with Gasteiger partial charge in [0.2, 0.25) is 0 Å². The molecule has 1 aromatic rings. The summed E-state index contributed by atoms with van der Waals surface area (Å²) in [6.07, 6.45) is 3.51. The summed E-state index contributed by atoms with van der Waals surface area (Å²) in [6, 6.07) is 3.61. The van der Waals surface area contributed by atoms with Gasteiger partial charge in [0.15, 0.2) is 0 Å². The quantitative estimate of drug-likeness (QED) is 0.793. The number of esters is 1. The van der Waals surface area contributed by atoms with Gasteiger partial charge in [-0.2, -0.15) is 5.26 Å². The SMILES string of the molecule is CC1=C(c2ccn(CC3CCCO3)c(=O)c2C#N)C(=O)OC1(C)C. The van der Waals surface area contributed by atoms with Gasteiger partial charge in [-0.3, -0.25) is 4.79 Å². The van der Waals surface area contributed by atoms with Crippen LogP contribution < -0.4 is 5.56 Å². The van der Waals surface area contributed by atoms with E-state index in [9.17, 15) is 14.9 Å². The van der Waals surface area contributed by atoms with Gasteiger partial charge < -0.3 is 14.0 Å². The molecule has 126 valence electrons. The van der Waals surface area contributed by atoms with Gasteiger partial charge in [0.1, 0.15) is 17.2 Å². The van der Waals surface area contributed by atoms with Crippen LogP contribution in [0.4, 0.5) is 0 Å². The third-order valence-corrected chi connectivity index (χ3v) is 4.80. The number of nitrogens with zero attached hydrogens (tertiary/aromatic N) is 2. The zero-order chi connectivity index (χ0) is 17.5. The van der Waals surface area contributed by atoms with E-state index in [1.165, 1.54) is 4.57 Å². The summed E-state index contributed by atoms with van der Waals surface area (Å²) in [4.78, 5) is 24.9. The zero-order valence-electron chi connectivity index (χ0n) is 14.1. The van der Waals surface area contributed by atoms with E-state index < -0.39 is 17.1 Å². The molecule has 3 rings (SSSR count). The molecule has 2 aliphatic heterocycles. The molecule has 1 saturated heterocycles. The van der Waals surface area contributed by atoms with Crippen molar-refractivity contribution < 1.29 is 14.3 Å². The van der Waals surface area contributed by atoms with Gasteiger partial charge in [0.05, 0.1) is 18.2 Å². The van der Waals surface area contributed by atoms with Crippen molar-refractivity contribution in [2.75, 3.05) is 6.61 Å². The van der Waals surface area contributed by atoms with E-state index >= 15 is 0 Å². The van der Waals surface area contributed by atoms with Gasteiger partial charge >= 0.3 is 5.97 Å². The first-order chi connectivity index (χ1) is 11.3. The lowest BCUT2D eigenvalue weighted by Gasteiger charge is -2.18. The van der Waals surface area contributed by atoms with Crippen molar-refractivity contribution in [3.63, 3.8) is 0 Å². The maximum Gasteiger partial charge on any atom is 0.339 e. The topological polar surface area (TPSA) is 81.3 Å². The van der Waals surface area contributed by atoms with Gasteiger partial charge in [0.25, 0.3) is 5.56 Å². The average Bonchev–Trinajstić information content (AvgIpc) is 3.09. The molecule has 0 radical (unpaired) electrons. The van der Waals surface area contributed by atoms with Gasteiger partial charge in [-0.25, -0.2) is 4.79 Å². The van der Waals surface area contributed by atoms with Gasteiger partial charge in [-0.15, -0.1) is 0 Å². The van der Waals surface area contributed by atoms with Gasteiger partial charge in [0, 0.05) is 18.4 Å². The third kappa shape index (κ3) is 2.65. The third-order valence-electron chi connectivity index (χ3n) is 4.80. The van der Waals surface area contributed by atoms with Crippen molar-refractivity contribution >= 4 is 11.5 Å². The molecule has 3 heterocycles. The normalized spacial score (nSPS) is 22.6. The number of carbonyl (C=O) groups is 1. The first-order valence-corrected chi connectivity index (χ1v) is 8.05. The van der Waals surface area contributed by atoms with Crippen LogP contribution in [-0.4, -0.2) is 28.8 Å². The molecule has 0 spiro atoms. The first-order valence-electron chi connectivity index (χ1n) is 8.05. The molecule has 2 aliphatic rings. The summed E-state index contributed by atoms with van der Waals surface area (Å²) in [5.74, 6) is -0.495. The van der Waals surface area contributed by atoms with Crippen molar-refractivity contribution in [2.24, 2.45) is 0 Å². The molecule has 1 unspecified atom stereocenters. The van der Waals surface area contributed by atoms with Crippen LogP contribution >= 0.6 is 0 Å². The van der Waals surface area contributed by atoms with Crippen molar-refractivity contribution in [1.29, 1.82) is 5.26 Å². The van der Waals surface area contributed by atoms with Crippen LogP contribution in [0.15, 0.2) is 22.6 Å². The van der Waals surface area contributed by atoms with Crippen LogP contribution in [0.25, 0.3) is 5.57 Å². The Morgan fingerprint density at radius 3 is 2.71 bits per heavy atom. The molecule has 1 atom stereocenters. The van der Waals surface area contributed by atoms with E-state index in [1.54, 1.807) is 33.0 Å². The molecule has 0 N–H and O–H groups in total. The number of hydrogen-bond acceptors (Lipinski definition) is 5. The van der Waals surface area contributed by atoms with E-state index in [1.807, 2.05) is 6.07 Å². The van der Waals surface area contributed by atoms with E-state index in [-0.39, 0.29) is 11.7 Å². The minimum atomic E-state index is -0.730. The summed E-state index contributed by atoms with van der Waals surface area (Å²) in [6.45, 7) is 6.49. The van der Waals surface area contributed by atoms with E-state index in [0.29, 0.717) is 24.3 Å². The molecule has 0 bridgehead atoms. The van der Waals surface area contributed by atoms with Gasteiger partial charge in [-0.1, -0.05) is 0 Å². The number of ether oxygens (including phenoxy) is 2. The van der Waals surface area contributed by atoms with Crippen LogP contribution in [-0.2, 0) is 20.8 Å². The smallest absolute Gasteiger partial charge is 0.339 e. The fraction of sp³-hybridized carbons (Fsp3) is 0.500. The van der Waals surface area contributed by atoms with Crippen LogP contribution in [0, 0.1) is 11.3 Å². The van der Waals surface area contributed by atoms with Crippen LogP contribution in [0.2, 0.25) is 0 Å². The highest BCUT2D eigenvalue weighted by Crippen LogP contribution is 2.37. The average molecular weight is 328 g/mol. The molecule has 0 aromatic carbocycles. The fourth-order valence-corrected chi connectivity index (χ4v) is 3.17. The predicted octanol–water partition coefficient (Wildman–Crippen LogP) is 2.01. The number of pyridine rings is 1. The molecule has 1 fully saturated rings. The molecule has 6 nitrogen and oxygen atoms in total. The highest BCUT2D eigenvalue weighted by atomic mass is 16.6. The molecule has 6 heteroatoms.